The monoisotopic (exact) mass is 411 g/mol. The molecule has 126 valence electrons. The molecule has 0 saturated heterocycles. The van der Waals surface area contributed by atoms with Crippen LogP contribution in [0.2, 0.25) is 5.02 Å². The van der Waals surface area contributed by atoms with Gasteiger partial charge in [0.2, 0.25) is 0 Å². The predicted octanol–water partition coefficient (Wildman–Crippen LogP) is 3.97. The number of hydrogen-bond donors (Lipinski definition) is 1. The first-order chi connectivity index (χ1) is 11.4. The number of ether oxygens (including phenoxy) is 2. The molecule has 0 spiro atoms. The molecule has 0 atom stereocenters. The number of benzene rings is 2. The number of aryl methyl sites for hydroxylation is 1. The van der Waals surface area contributed by atoms with Gasteiger partial charge in [-0.3, -0.25) is 4.79 Å². The zero-order valence-electron chi connectivity index (χ0n) is 12.8. The Kier molecular flexibility index (Phi) is 6.63. The van der Waals surface area contributed by atoms with E-state index in [0.717, 1.165) is 10.0 Å². The summed E-state index contributed by atoms with van der Waals surface area (Å²) in [6, 6.07) is 12.2. The molecule has 0 aliphatic heterocycles. The highest BCUT2D eigenvalue weighted by Gasteiger charge is 2.09. The maximum Gasteiger partial charge on any atom is 0.344 e. The predicted molar refractivity (Wildman–Crippen MR) is 95.4 cm³/mol. The van der Waals surface area contributed by atoms with Crippen LogP contribution in [0.15, 0.2) is 46.9 Å². The van der Waals surface area contributed by atoms with E-state index in [1.165, 1.54) is 0 Å². The summed E-state index contributed by atoms with van der Waals surface area (Å²) in [5.74, 6) is -0.553. The molecule has 0 saturated carbocycles. The number of hydrogen-bond acceptors (Lipinski definition) is 4. The number of amides is 1. The lowest BCUT2D eigenvalue weighted by Gasteiger charge is -2.09. The van der Waals surface area contributed by atoms with Crippen LogP contribution in [0.25, 0.3) is 0 Å². The second kappa shape index (κ2) is 8.70. The average Bonchev–Trinajstić information content (AvgIpc) is 2.54. The fourth-order valence-corrected chi connectivity index (χ4v) is 2.32. The highest BCUT2D eigenvalue weighted by Crippen LogP contribution is 2.21. The van der Waals surface area contributed by atoms with Crippen molar-refractivity contribution >= 4 is 45.1 Å². The standard InChI is InChI=1S/C17H15BrClNO4/c1-11-7-14(5-6-15(11)19)23-10-17(22)24-9-16(21)20-13-4-2-3-12(18)8-13/h2-8H,9-10H2,1H3,(H,20,21). The van der Waals surface area contributed by atoms with Gasteiger partial charge in [0.1, 0.15) is 5.75 Å². The van der Waals surface area contributed by atoms with E-state index >= 15 is 0 Å². The van der Waals surface area contributed by atoms with Crippen LogP contribution in [0, 0.1) is 6.92 Å². The summed E-state index contributed by atoms with van der Waals surface area (Å²) in [6.45, 7) is 1.17. The number of carbonyl (C=O) groups is 2. The zero-order chi connectivity index (χ0) is 17.5. The molecule has 2 aromatic rings. The first-order valence-corrected chi connectivity index (χ1v) is 8.21. The van der Waals surface area contributed by atoms with E-state index in [9.17, 15) is 9.59 Å². The molecule has 0 fully saturated rings. The molecule has 0 aliphatic carbocycles. The molecule has 1 amide bonds. The maximum atomic E-state index is 11.7. The molecule has 5 nitrogen and oxygen atoms in total. The van der Waals surface area contributed by atoms with Gasteiger partial charge in [0.15, 0.2) is 13.2 Å². The molecular formula is C17H15BrClNO4. The summed E-state index contributed by atoms with van der Waals surface area (Å²) in [5.41, 5.74) is 1.45. The molecule has 0 aliphatic rings. The Labute approximate surface area is 153 Å². The summed E-state index contributed by atoms with van der Waals surface area (Å²) in [6.07, 6.45) is 0. The summed E-state index contributed by atoms with van der Waals surface area (Å²) in [7, 11) is 0. The third-order valence-corrected chi connectivity index (χ3v) is 3.88. The van der Waals surface area contributed by atoms with Crippen molar-refractivity contribution in [3.05, 3.63) is 57.5 Å². The smallest absolute Gasteiger partial charge is 0.344 e. The van der Waals surface area contributed by atoms with Crippen LogP contribution in [0.1, 0.15) is 5.56 Å². The highest BCUT2D eigenvalue weighted by atomic mass is 79.9. The van der Waals surface area contributed by atoms with Crippen LogP contribution in [-0.4, -0.2) is 25.1 Å². The van der Waals surface area contributed by atoms with Gasteiger partial charge >= 0.3 is 5.97 Å². The topological polar surface area (TPSA) is 64.6 Å². The molecule has 7 heteroatoms. The van der Waals surface area contributed by atoms with Crippen molar-refractivity contribution in [3.63, 3.8) is 0 Å². The SMILES string of the molecule is Cc1cc(OCC(=O)OCC(=O)Nc2cccc(Br)c2)ccc1Cl. The fourth-order valence-electron chi connectivity index (χ4n) is 1.80. The molecule has 0 unspecified atom stereocenters. The molecule has 1 N–H and O–H groups in total. The number of esters is 1. The van der Waals surface area contributed by atoms with Gasteiger partial charge in [-0.15, -0.1) is 0 Å². The van der Waals surface area contributed by atoms with E-state index in [2.05, 4.69) is 21.2 Å². The Morgan fingerprint density at radius 3 is 2.67 bits per heavy atom. The van der Waals surface area contributed by atoms with Gasteiger partial charge in [0, 0.05) is 15.2 Å². The third-order valence-electron chi connectivity index (χ3n) is 2.96. The molecule has 2 rings (SSSR count). The van der Waals surface area contributed by atoms with Crippen molar-refractivity contribution in [1.82, 2.24) is 0 Å². The van der Waals surface area contributed by atoms with Crippen molar-refractivity contribution in [1.29, 1.82) is 0 Å². The molecular weight excluding hydrogens is 398 g/mol. The van der Waals surface area contributed by atoms with E-state index in [4.69, 9.17) is 21.1 Å². The van der Waals surface area contributed by atoms with Gasteiger partial charge in [-0.05, 0) is 48.9 Å². The van der Waals surface area contributed by atoms with Crippen LogP contribution in [-0.2, 0) is 14.3 Å². The van der Waals surface area contributed by atoms with E-state index < -0.39 is 11.9 Å². The van der Waals surface area contributed by atoms with E-state index in [1.807, 2.05) is 13.0 Å². The number of rotatable bonds is 6. The Morgan fingerprint density at radius 1 is 1.17 bits per heavy atom. The lowest BCUT2D eigenvalue weighted by Crippen LogP contribution is -2.23. The van der Waals surface area contributed by atoms with Crippen LogP contribution in [0.5, 0.6) is 5.75 Å². The Balaban J connectivity index is 1.74. The third kappa shape index (κ3) is 5.86. The van der Waals surface area contributed by atoms with Crippen LogP contribution >= 0.6 is 27.5 Å². The quantitative estimate of drug-likeness (QED) is 0.729. The molecule has 0 aromatic heterocycles. The van der Waals surface area contributed by atoms with Gasteiger partial charge in [0.05, 0.1) is 0 Å². The summed E-state index contributed by atoms with van der Waals surface area (Å²) in [5, 5.41) is 3.24. The number of halogens is 2. The van der Waals surface area contributed by atoms with Crippen molar-refractivity contribution in [3.8, 4) is 5.75 Å². The minimum absolute atomic E-state index is 0.286. The molecule has 0 heterocycles. The first kappa shape index (κ1) is 18.3. The minimum Gasteiger partial charge on any atom is -0.482 e. The number of nitrogens with one attached hydrogen (secondary N) is 1. The van der Waals surface area contributed by atoms with Crippen LogP contribution < -0.4 is 10.1 Å². The lowest BCUT2D eigenvalue weighted by molar-refractivity contribution is -0.149. The van der Waals surface area contributed by atoms with E-state index in [1.54, 1.807) is 36.4 Å². The highest BCUT2D eigenvalue weighted by molar-refractivity contribution is 9.10. The van der Waals surface area contributed by atoms with Crippen molar-refractivity contribution in [2.45, 2.75) is 6.92 Å². The average molecular weight is 413 g/mol. The first-order valence-electron chi connectivity index (χ1n) is 7.04. The number of anilines is 1. The fraction of sp³-hybridized carbons (Fsp3) is 0.176. The maximum absolute atomic E-state index is 11.7. The Bertz CT molecular complexity index is 751. The van der Waals surface area contributed by atoms with Gasteiger partial charge in [0.25, 0.3) is 5.91 Å². The van der Waals surface area contributed by atoms with Crippen LogP contribution in [0.4, 0.5) is 5.69 Å². The second-order valence-electron chi connectivity index (χ2n) is 4.92. The van der Waals surface area contributed by atoms with Crippen molar-refractivity contribution in [2.75, 3.05) is 18.5 Å². The number of carbonyl (C=O) groups excluding carboxylic acids is 2. The normalized spacial score (nSPS) is 10.1. The van der Waals surface area contributed by atoms with Gasteiger partial charge in [-0.25, -0.2) is 4.79 Å². The molecule has 24 heavy (non-hydrogen) atoms. The van der Waals surface area contributed by atoms with Gasteiger partial charge in [-0.2, -0.15) is 0 Å². The zero-order valence-corrected chi connectivity index (χ0v) is 15.2. The van der Waals surface area contributed by atoms with Gasteiger partial charge in [-0.1, -0.05) is 33.6 Å². The van der Waals surface area contributed by atoms with E-state index in [-0.39, 0.29) is 13.2 Å². The minimum atomic E-state index is -0.632. The molecule has 0 radical (unpaired) electrons. The van der Waals surface area contributed by atoms with Crippen molar-refractivity contribution < 1.29 is 19.1 Å². The summed E-state index contributed by atoms with van der Waals surface area (Å²) in [4.78, 5) is 23.3. The Hall–Kier alpha value is -2.05. The summed E-state index contributed by atoms with van der Waals surface area (Å²) >= 11 is 9.21. The Morgan fingerprint density at radius 2 is 1.96 bits per heavy atom. The summed E-state index contributed by atoms with van der Waals surface area (Å²) < 4.78 is 11.0. The largest absolute Gasteiger partial charge is 0.482 e. The van der Waals surface area contributed by atoms with E-state index in [0.29, 0.717) is 16.5 Å². The van der Waals surface area contributed by atoms with Crippen molar-refractivity contribution in [2.24, 2.45) is 0 Å². The second-order valence-corrected chi connectivity index (χ2v) is 6.24. The lowest BCUT2D eigenvalue weighted by atomic mass is 10.2. The van der Waals surface area contributed by atoms with Crippen LogP contribution in [0.3, 0.4) is 0 Å². The molecule has 2 aromatic carbocycles. The molecule has 0 bridgehead atoms. The van der Waals surface area contributed by atoms with Gasteiger partial charge < -0.3 is 14.8 Å².